The lowest BCUT2D eigenvalue weighted by atomic mass is 10.0. The summed E-state index contributed by atoms with van der Waals surface area (Å²) in [7, 11) is 0. The monoisotopic (exact) mass is 260 g/mol. The first-order valence-corrected chi connectivity index (χ1v) is 7.36. The van der Waals surface area contributed by atoms with E-state index in [4.69, 9.17) is 0 Å². The van der Waals surface area contributed by atoms with E-state index in [0.29, 0.717) is 6.04 Å². The van der Waals surface area contributed by atoms with Crippen LogP contribution in [0.2, 0.25) is 0 Å². The molecule has 0 saturated carbocycles. The van der Waals surface area contributed by atoms with E-state index in [1.54, 1.807) is 0 Å². The molecule has 1 saturated heterocycles. The maximum atomic E-state index is 12.6. The van der Waals surface area contributed by atoms with Gasteiger partial charge in [-0.05, 0) is 50.4 Å². The van der Waals surface area contributed by atoms with Gasteiger partial charge in [0.25, 0.3) is 5.91 Å². The predicted molar refractivity (Wildman–Crippen MR) is 78.4 cm³/mol. The van der Waals surface area contributed by atoms with Crippen molar-refractivity contribution < 1.29 is 4.79 Å². The number of carbonyl (C=O) groups excluding carboxylic acids is 1. The number of aryl methyl sites for hydroxylation is 1. The highest BCUT2D eigenvalue weighted by Crippen LogP contribution is 2.15. The van der Waals surface area contributed by atoms with Gasteiger partial charge in [-0.25, -0.2) is 0 Å². The molecule has 3 nitrogen and oxygen atoms in total. The third-order valence-electron chi connectivity index (χ3n) is 3.92. The van der Waals surface area contributed by atoms with Crippen molar-refractivity contribution in [3.05, 3.63) is 35.4 Å². The SMILES string of the molecule is CCc1ccc(C(=O)N(CC)C2CCCNC2)cc1. The Morgan fingerprint density at radius 2 is 2.05 bits per heavy atom. The van der Waals surface area contributed by atoms with Gasteiger partial charge < -0.3 is 10.2 Å². The van der Waals surface area contributed by atoms with Gasteiger partial charge in [0.05, 0.1) is 0 Å². The van der Waals surface area contributed by atoms with Crippen molar-refractivity contribution in [2.45, 2.75) is 39.2 Å². The van der Waals surface area contributed by atoms with Crippen molar-refractivity contribution in [1.82, 2.24) is 10.2 Å². The molecule has 1 N–H and O–H groups in total. The standard InChI is InChI=1S/C16H24N2O/c1-3-13-7-9-14(10-8-13)16(19)18(4-2)15-6-5-11-17-12-15/h7-10,15,17H,3-6,11-12H2,1-2H3. The van der Waals surface area contributed by atoms with Gasteiger partial charge in [0.15, 0.2) is 0 Å². The Hall–Kier alpha value is -1.35. The van der Waals surface area contributed by atoms with Gasteiger partial charge >= 0.3 is 0 Å². The number of hydrogen-bond donors (Lipinski definition) is 1. The molecule has 1 fully saturated rings. The fourth-order valence-corrected chi connectivity index (χ4v) is 2.72. The van der Waals surface area contributed by atoms with Gasteiger partial charge in [-0.15, -0.1) is 0 Å². The van der Waals surface area contributed by atoms with E-state index in [2.05, 4.69) is 31.3 Å². The Labute approximate surface area is 116 Å². The minimum Gasteiger partial charge on any atom is -0.335 e. The molecule has 1 aromatic rings. The van der Waals surface area contributed by atoms with Crippen molar-refractivity contribution in [2.75, 3.05) is 19.6 Å². The zero-order valence-corrected chi connectivity index (χ0v) is 12.0. The number of piperidine rings is 1. The van der Waals surface area contributed by atoms with Crippen molar-refractivity contribution in [3.8, 4) is 0 Å². The van der Waals surface area contributed by atoms with Gasteiger partial charge in [0, 0.05) is 24.7 Å². The Kier molecular flexibility index (Phi) is 4.97. The second-order valence-electron chi connectivity index (χ2n) is 5.14. The van der Waals surface area contributed by atoms with Crippen molar-refractivity contribution in [3.63, 3.8) is 0 Å². The van der Waals surface area contributed by atoms with Crippen LogP contribution in [0.1, 0.15) is 42.6 Å². The Morgan fingerprint density at radius 1 is 1.32 bits per heavy atom. The van der Waals surface area contributed by atoms with Gasteiger partial charge in [0.2, 0.25) is 0 Å². The Balaban J connectivity index is 2.10. The molecule has 1 heterocycles. The quantitative estimate of drug-likeness (QED) is 0.902. The van der Waals surface area contributed by atoms with Crippen molar-refractivity contribution >= 4 is 5.91 Å². The maximum absolute atomic E-state index is 12.6. The van der Waals surface area contributed by atoms with Crippen LogP contribution in [-0.2, 0) is 6.42 Å². The van der Waals surface area contributed by atoms with E-state index in [-0.39, 0.29) is 5.91 Å². The highest BCUT2D eigenvalue weighted by atomic mass is 16.2. The number of nitrogens with zero attached hydrogens (tertiary/aromatic N) is 1. The largest absolute Gasteiger partial charge is 0.335 e. The third kappa shape index (κ3) is 3.35. The predicted octanol–water partition coefficient (Wildman–Crippen LogP) is 2.46. The van der Waals surface area contributed by atoms with Gasteiger partial charge in [-0.2, -0.15) is 0 Å². The molecule has 1 unspecified atom stereocenters. The lowest BCUT2D eigenvalue weighted by Gasteiger charge is -2.34. The highest BCUT2D eigenvalue weighted by molar-refractivity contribution is 5.94. The number of rotatable bonds is 4. The molecule has 0 aromatic heterocycles. The number of nitrogens with one attached hydrogen (secondary N) is 1. The minimum absolute atomic E-state index is 0.166. The average Bonchev–Trinajstić information content (AvgIpc) is 2.49. The molecule has 1 aromatic carbocycles. The van der Waals surface area contributed by atoms with Crippen LogP contribution < -0.4 is 5.32 Å². The molecule has 1 amide bonds. The van der Waals surface area contributed by atoms with E-state index < -0.39 is 0 Å². The van der Waals surface area contributed by atoms with Crippen LogP contribution in [0.3, 0.4) is 0 Å². The summed E-state index contributed by atoms with van der Waals surface area (Å²) >= 11 is 0. The van der Waals surface area contributed by atoms with Crippen LogP contribution in [0.5, 0.6) is 0 Å². The van der Waals surface area contributed by atoms with Crippen molar-refractivity contribution in [2.24, 2.45) is 0 Å². The molecule has 0 radical (unpaired) electrons. The lowest BCUT2D eigenvalue weighted by Crippen LogP contribution is -2.48. The van der Waals surface area contributed by atoms with Crippen LogP contribution in [0.15, 0.2) is 24.3 Å². The zero-order chi connectivity index (χ0) is 13.7. The molecule has 0 spiro atoms. The first kappa shape index (κ1) is 14.1. The Bertz CT molecular complexity index is 407. The van der Waals surface area contributed by atoms with Gasteiger partial charge in [0.1, 0.15) is 0 Å². The van der Waals surface area contributed by atoms with Crippen LogP contribution in [0, 0.1) is 0 Å². The second-order valence-corrected chi connectivity index (χ2v) is 5.14. The fraction of sp³-hybridized carbons (Fsp3) is 0.562. The lowest BCUT2D eigenvalue weighted by molar-refractivity contribution is 0.0662. The topological polar surface area (TPSA) is 32.3 Å². The number of amides is 1. The molecular formula is C16H24N2O. The van der Waals surface area contributed by atoms with E-state index in [1.807, 2.05) is 17.0 Å². The molecule has 1 aliphatic heterocycles. The summed E-state index contributed by atoms with van der Waals surface area (Å²) in [6.45, 7) is 6.97. The summed E-state index contributed by atoms with van der Waals surface area (Å²) in [5, 5.41) is 3.38. The normalized spacial score (nSPS) is 19.2. The summed E-state index contributed by atoms with van der Waals surface area (Å²) in [5.41, 5.74) is 2.09. The third-order valence-corrected chi connectivity index (χ3v) is 3.92. The molecule has 2 rings (SSSR count). The van der Waals surface area contributed by atoms with Gasteiger partial charge in [-0.1, -0.05) is 19.1 Å². The van der Waals surface area contributed by atoms with E-state index >= 15 is 0 Å². The molecule has 1 aliphatic rings. The van der Waals surface area contributed by atoms with E-state index in [9.17, 15) is 4.79 Å². The van der Waals surface area contributed by atoms with E-state index in [1.165, 1.54) is 5.56 Å². The number of carbonyl (C=O) groups is 1. The first-order valence-electron chi connectivity index (χ1n) is 7.36. The zero-order valence-electron chi connectivity index (χ0n) is 12.0. The summed E-state index contributed by atoms with van der Waals surface area (Å²) in [5.74, 6) is 0.166. The fourth-order valence-electron chi connectivity index (χ4n) is 2.72. The molecule has 1 atom stereocenters. The molecule has 3 heteroatoms. The summed E-state index contributed by atoms with van der Waals surface area (Å²) < 4.78 is 0. The second kappa shape index (κ2) is 6.71. The number of likely N-dealkylation sites (N-methyl/N-ethyl adjacent to an activating group) is 1. The molecule has 0 bridgehead atoms. The summed E-state index contributed by atoms with van der Waals surface area (Å²) in [6.07, 6.45) is 3.28. The first-order chi connectivity index (χ1) is 9.26. The molecule has 0 aliphatic carbocycles. The molecule has 104 valence electrons. The van der Waals surface area contributed by atoms with Crippen molar-refractivity contribution in [1.29, 1.82) is 0 Å². The van der Waals surface area contributed by atoms with E-state index in [0.717, 1.165) is 44.5 Å². The Morgan fingerprint density at radius 3 is 2.58 bits per heavy atom. The van der Waals surface area contributed by atoms with Crippen LogP contribution in [0.4, 0.5) is 0 Å². The average molecular weight is 260 g/mol. The number of benzene rings is 1. The smallest absolute Gasteiger partial charge is 0.254 e. The number of hydrogen-bond acceptors (Lipinski definition) is 2. The summed E-state index contributed by atoms with van der Waals surface area (Å²) in [6, 6.07) is 8.37. The maximum Gasteiger partial charge on any atom is 0.254 e. The molecule has 19 heavy (non-hydrogen) atoms. The highest BCUT2D eigenvalue weighted by Gasteiger charge is 2.24. The van der Waals surface area contributed by atoms with Crippen LogP contribution >= 0.6 is 0 Å². The van der Waals surface area contributed by atoms with Crippen LogP contribution in [-0.4, -0.2) is 36.5 Å². The summed E-state index contributed by atoms with van der Waals surface area (Å²) in [4.78, 5) is 14.6. The van der Waals surface area contributed by atoms with Crippen LogP contribution in [0.25, 0.3) is 0 Å². The van der Waals surface area contributed by atoms with Gasteiger partial charge in [-0.3, -0.25) is 4.79 Å². The molecular weight excluding hydrogens is 236 g/mol. The minimum atomic E-state index is 0.166.